The van der Waals surface area contributed by atoms with Crippen LogP contribution in [-0.2, 0) is 0 Å². The fourth-order valence-corrected chi connectivity index (χ4v) is 1.39. The summed E-state index contributed by atoms with van der Waals surface area (Å²) in [6.07, 6.45) is 1.76. The van der Waals surface area contributed by atoms with Gasteiger partial charge in [-0.2, -0.15) is 5.26 Å². The third-order valence-corrected chi connectivity index (χ3v) is 1.90. The van der Waals surface area contributed by atoms with Crippen molar-refractivity contribution in [1.82, 2.24) is 4.90 Å². The summed E-state index contributed by atoms with van der Waals surface area (Å²) in [4.78, 5) is 2.40. The van der Waals surface area contributed by atoms with Crippen molar-refractivity contribution in [2.75, 3.05) is 19.6 Å². The Morgan fingerprint density at radius 1 is 1.60 bits per heavy atom. The lowest BCUT2D eigenvalue weighted by Gasteiger charge is -2.36. The molecule has 0 atom stereocenters. The van der Waals surface area contributed by atoms with Crippen molar-refractivity contribution < 1.29 is 0 Å². The molecule has 0 amide bonds. The molecule has 1 heterocycles. The topological polar surface area (TPSA) is 27.0 Å². The molecule has 0 saturated carbocycles. The molecule has 10 heavy (non-hydrogen) atoms. The molecule has 0 N–H and O–H groups in total. The predicted molar refractivity (Wildman–Crippen MR) is 40.5 cm³/mol. The van der Waals surface area contributed by atoms with Gasteiger partial charge in [0.25, 0.3) is 0 Å². The lowest BCUT2D eigenvalue weighted by atomic mass is 10.0. The van der Waals surface area contributed by atoms with Crippen LogP contribution in [0.1, 0.15) is 19.8 Å². The van der Waals surface area contributed by atoms with Crippen LogP contribution in [0, 0.1) is 17.2 Å². The third kappa shape index (κ3) is 2.00. The first-order valence-corrected chi connectivity index (χ1v) is 3.92. The second kappa shape index (κ2) is 3.58. The number of nitriles is 1. The van der Waals surface area contributed by atoms with Crippen LogP contribution in [0.4, 0.5) is 0 Å². The Labute approximate surface area is 62.4 Å². The zero-order chi connectivity index (χ0) is 7.40. The van der Waals surface area contributed by atoms with E-state index >= 15 is 0 Å². The molecule has 1 fully saturated rings. The van der Waals surface area contributed by atoms with E-state index in [-0.39, 0.29) is 0 Å². The highest BCUT2D eigenvalue weighted by atomic mass is 15.2. The Balaban J connectivity index is 1.91. The van der Waals surface area contributed by atoms with Crippen molar-refractivity contribution in [3.05, 3.63) is 0 Å². The zero-order valence-electron chi connectivity index (χ0n) is 6.51. The molecular weight excluding hydrogens is 124 g/mol. The predicted octanol–water partition coefficient (Wildman–Crippen LogP) is 1.24. The first-order chi connectivity index (χ1) is 4.83. The summed E-state index contributed by atoms with van der Waals surface area (Å²) in [6, 6.07) is 2.16. The molecule has 0 unspecified atom stereocenters. The second-order valence-corrected chi connectivity index (χ2v) is 3.13. The SMILES string of the molecule is CC1CN(CCCC#N)C1. The molecular formula is C8H14N2. The maximum Gasteiger partial charge on any atom is 0.0622 e. The lowest BCUT2D eigenvalue weighted by molar-refractivity contribution is 0.112. The van der Waals surface area contributed by atoms with Gasteiger partial charge in [-0.05, 0) is 18.9 Å². The molecule has 0 aliphatic carbocycles. The number of likely N-dealkylation sites (tertiary alicyclic amines) is 1. The summed E-state index contributed by atoms with van der Waals surface area (Å²) in [6.45, 7) is 5.87. The summed E-state index contributed by atoms with van der Waals surface area (Å²) >= 11 is 0. The second-order valence-electron chi connectivity index (χ2n) is 3.13. The van der Waals surface area contributed by atoms with Gasteiger partial charge in [0.2, 0.25) is 0 Å². The van der Waals surface area contributed by atoms with Crippen molar-refractivity contribution in [3.63, 3.8) is 0 Å². The van der Waals surface area contributed by atoms with Gasteiger partial charge in [0.15, 0.2) is 0 Å². The highest BCUT2D eigenvalue weighted by Crippen LogP contribution is 2.13. The van der Waals surface area contributed by atoms with Gasteiger partial charge in [0.1, 0.15) is 0 Å². The molecule has 1 aliphatic rings. The van der Waals surface area contributed by atoms with Crippen LogP contribution in [0.5, 0.6) is 0 Å². The Hall–Kier alpha value is -0.550. The normalized spacial score (nSPS) is 20.0. The van der Waals surface area contributed by atoms with E-state index in [1.54, 1.807) is 0 Å². The largest absolute Gasteiger partial charge is 0.303 e. The van der Waals surface area contributed by atoms with E-state index < -0.39 is 0 Å². The Morgan fingerprint density at radius 3 is 2.80 bits per heavy atom. The van der Waals surface area contributed by atoms with Crippen molar-refractivity contribution >= 4 is 0 Å². The van der Waals surface area contributed by atoms with E-state index in [4.69, 9.17) is 5.26 Å². The Bertz CT molecular complexity index is 131. The molecule has 0 radical (unpaired) electrons. The Morgan fingerprint density at radius 2 is 2.30 bits per heavy atom. The van der Waals surface area contributed by atoms with Crippen LogP contribution in [0.15, 0.2) is 0 Å². The summed E-state index contributed by atoms with van der Waals surface area (Å²) < 4.78 is 0. The lowest BCUT2D eigenvalue weighted by Crippen LogP contribution is -2.45. The maximum absolute atomic E-state index is 8.25. The highest BCUT2D eigenvalue weighted by Gasteiger charge is 2.20. The van der Waals surface area contributed by atoms with Gasteiger partial charge in [0, 0.05) is 19.5 Å². The van der Waals surface area contributed by atoms with Gasteiger partial charge in [-0.3, -0.25) is 0 Å². The number of hydrogen-bond acceptors (Lipinski definition) is 2. The minimum absolute atomic E-state index is 0.713. The van der Waals surface area contributed by atoms with Gasteiger partial charge < -0.3 is 4.90 Å². The van der Waals surface area contributed by atoms with Gasteiger partial charge in [-0.15, -0.1) is 0 Å². The number of rotatable bonds is 3. The van der Waals surface area contributed by atoms with E-state index in [0.29, 0.717) is 6.42 Å². The van der Waals surface area contributed by atoms with E-state index in [0.717, 1.165) is 18.9 Å². The first-order valence-electron chi connectivity index (χ1n) is 3.92. The average Bonchev–Trinajstić information content (AvgIpc) is 1.85. The van der Waals surface area contributed by atoms with E-state index in [1.165, 1.54) is 13.1 Å². The molecule has 0 spiro atoms. The minimum Gasteiger partial charge on any atom is -0.303 e. The summed E-state index contributed by atoms with van der Waals surface area (Å²) in [5.74, 6) is 0.891. The van der Waals surface area contributed by atoms with E-state index in [9.17, 15) is 0 Å². The number of nitrogens with zero attached hydrogens (tertiary/aromatic N) is 2. The van der Waals surface area contributed by atoms with Crippen LogP contribution in [0.2, 0.25) is 0 Å². The summed E-state index contributed by atoms with van der Waals surface area (Å²) in [5, 5.41) is 8.25. The molecule has 2 heteroatoms. The average molecular weight is 138 g/mol. The van der Waals surface area contributed by atoms with Gasteiger partial charge >= 0.3 is 0 Å². The number of hydrogen-bond donors (Lipinski definition) is 0. The van der Waals surface area contributed by atoms with Crippen LogP contribution in [0.25, 0.3) is 0 Å². The monoisotopic (exact) mass is 138 g/mol. The fourth-order valence-electron chi connectivity index (χ4n) is 1.39. The van der Waals surface area contributed by atoms with Crippen molar-refractivity contribution in [3.8, 4) is 6.07 Å². The molecule has 0 aromatic carbocycles. The molecule has 56 valence electrons. The molecule has 1 saturated heterocycles. The van der Waals surface area contributed by atoms with E-state index in [2.05, 4.69) is 17.9 Å². The quantitative estimate of drug-likeness (QED) is 0.549. The smallest absolute Gasteiger partial charge is 0.0622 e. The van der Waals surface area contributed by atoms with Crippen LogP contribution in [0.3, 0.4) is 0 Å². The zero-order valence-corrected chi connectivity index (χ0v) is 6.51. The summed E-state index contributed by atoms with van der Waals surface area (Å²) in [7, 11) is 0. The minimum atomic E-state index is 0.713. The maximum atomic E-state index is 8.25. The van der Waals surface area contributed by atoms with Crippen LogP contribution < -0.4 is 0 Å². The highest BCUT2D eigenvalue weighted by molar-refractivity contribution is 4.77. The van der Waals surface area contributed by atoms with E-state index in [1.807, 2.05) is 0 Å². The summed E-state index contributed by atoms with van der Waals surface area (Å²) in [5.41, 5.74) is 0. The third-order valence-electron chi connectivity index (χ3n) is 1.90. The molecule has 0 aromatic rings. The van der Waals surface area contributed by atoms with Crippen molar-refractivity contribution in [2.45, 2.75) is 19.8 Å². The van der Waals surface area contributed by atoms with Crippen molar-refractivity contribution in [1.29, 1.82) is 5.26 Å². The van der Waals surface area contributed by atoms with Crippen LogP contribution >= 0.6 is 0 Å². The van der Waals surface area contributed by atoms with Crippen molar-refractivity contribution in [2.24, 2.45) is 5.92 Å². The van der Waals surface area contributed by atoms with Gasteiger partial charge in [-0.25, -0.2) is 0 Å². The van der Waals surface area contributed by atoms with Gasteiger partial charge in [-0.1, -0.05) is 6.92 Å². The van der Waals surface area contributed by atoms with Crippen LogP contribution in [-0.4, -0.2) is 24.5 Å². The molecule has 0 bridgehead atoms. The standard InChI is InChI=1S/C8H14N2/c1-8-6-10(7-8)5-3-2-4-9/h8H,2-3,5-7H2,1H3. The van der Waals surface area contributed by atoms with Gasteiger partial charge in [0.05, 0.1) is 6.07 Å². The molecule has 0 aromatic heterocycles. The number of unbranched alkanes of at least 4 members (excludes halogenated alkanes) is 1. The first kappa shape index (κ1) is 7.56. The molecule has 1 rings (SSSR count). The molecule has 1 aliphatic heterocycles. The fraction of sp³-hybridized carbons (Fsp3) is 0.875. The Kier molecular flexibility index (Phi) is 2.70. The molecule has 2 nitrogen and oxygen atoms in total.